The van der Waals surface area contributed by atoms with Crippen molar-refractivity contribution in [3.05, 3.63) is 0 Å². The predicted molar refractivity (Wildman–Crippen MR) is 102 cm³/mol. The Kier molecular flexibility index (Phi) is 4.49. The molecule has 1 amide bonds. The van der Waals surface area contributed by atoms with Crippen molar-refractivity contribution < 1.29 is 14.7 Å². The van der Waals surface area contributed by atoms with Gasteiger partial charge in [-0.25, -0.2) is 0 Å². The smallest absolute Gasteiger partial charge is 0.307 e. The lowest BCUT2D eigenvalue weighted by Gasteiger charge is -2.61. The molecule has 0 aromatic carbocycles. The first-order chi connectivity index (χ1) is 13.0. The minimum Gasteiger partial charge on any atom is -0.481 e. The fraction of sp³-hybridized carbons (Fsp3) is 0.909. The number of piperazine rings is 1. The Labute approximate surface area is 162 Å². The van der Waals surface area contributed by atoms with Gasteiger partial charge in [-0.3, -0.25) is 14.5 Å². The van der Waals surface area contributed by atoms with Crippen molar-refractivity contribution in [2.24, 2.45) is 29.6 Å². The summed E-state index contributed by atoms with van der Waals surface area (Å²) in [6.45, 7) is 3.57. The molecule has 5 nitrogen and oxygen atoms in total. The number of carbonyl (C=O) groups excluding carboxylic acids is 1. The Bertz CT molecular complexity index is 575. The van der Waals surface area contributed by atoms with Crippen LogP contribution >= 0.6 is 0 Å². The van der Waals surface area contributed by atoms with E-state index < -0.39 is 11.9 Å². The summed E-state index contributed by atoms with van der Waals surface area (Å²) in [5, 5.41) is 9.52. The third kappa shape index (κ3) is 3.10. The molecule has 1 N–H and O–H groups in total. The summed E-state index contributed by atoms with van der Waals surface area (Å²) < 4.78 is 0. The molecule has 5 aliphatic carbocycles. The van der Waals surface area contributed by atoms with E-state index in [1.807, 2.05) is 4.90 Å². The summed E-state index contributed by atoms with van der Waals surface area (Å²) in [5.74, 6) is 1.45. The zero-order valence-corrected chi connectivity index (χ0v) is 16.4. The van der Waals surface area contributed by atoms with Gasteiger partial charge in [-0.1, -0.05) is 12.8 Å². The Morgan fingerprint density at radius 1 is 0.778 bits per heavy atom. The highest BCUT2D eigenvalue weighted by atomic mass is 16.4. The summed E-state index contributed by atoms with van der Waals surface area (Å²) in [6.07, 6.45) is 11.9. The fourth-order valence-electron chi connectivity index (χ4n) is 7.81. The Balaban J connectivity index is 1.23. The van der Waals surface area contributed by atoms with Gasteiger partial charge in [0.2, 0.25) is 5.91 Å². The van der Waals surface area contributed by atoms with Gasteiger partial charge in [0.05, 0.1) is 11.8 Å². The molecule has 2 unspecified atom stereocenters. The molecule has 0 aromatic heterocycles. The second-order valence-corrected chi connectivity index (χ2v) is 10.3. The van der Waals surface area contributed by atoms with Crippen molar-refractivity contribution in [1.82, 2.24) is 9.80 Å². The maximum absolute atomic E-state index is 13.1. The lowest BCUT2D eigenvalue weighted by molar-refractivity contribution is -0.154. The van der Waals surface area contributed by atoms with Crippen LogP contribution in [0, 0.1) is 29.6 Å². The third-order valence-electron chi connectivity index (χ3n) is 8.67. The molecule has 0 spiro atoms. The first kappa shape index (κ1) is 18.0. The molecule has 5 heteroatoms. The summed E-state index contributed by atoms with van der Waals surface area (Å²) in [7, 11) is 0. The number of carbonyl (C=O) groups is 2. The molecule has 1 saturated heterocycles. The van der Waals surface area contributed by atoms with E-state index in [1.54, 1.807) is 0 Å². The van der Waals surface area contributed by atoms with Crippen LogP contribution in [0.4, 0.5) is 0 Å². The second kappa shape index (κ2) is 6.75. The van der Waals surface area contributed by atoms with Crippen LogP contribution in [0.1, 0.15) is 64.2 Å². The van der Waals surface area contributed by atoms with Crippen LogP contribution in [0.15, 0.2) is 0 Å². The van der Waals surface area contributed by atoms with Gasteiger partial charge in [-0.15, -0.1) is 0 Å². The molecule has 27 heavy (non-hydrogen) atoms. The van der Waals surface area contributed by atoms with Crippen LogP contribution in [0.3, 0.4) is 0 Å². The van der Waals surface area contributed by atoms with E-state index in [9.17, 15) is 14.7 Å². The van der Waals surface area contributed by atoms with Crippen molar-refractivity contribution in [3.8, 4) is 0 Å². The number of hydrogen-bond acceptors (Lipinski definition) is 3. The minimum atomic E-state index is -0.778. The quantitative estimate of drug-likeness (QED) is 0.825. The van der Waals surface area contributed by atoms with Crippen molar-refractivity contribution in [1.29, 1.82) is 0 Å². The van der Waals surface area contributed by atoms with Crippen molar-refractivity contribution in [2.45, 2.75) is 69.7 Å². The van der Waals surface area contributed by atoms with E-state index in [0.29, 0.717) is 12.0 Å². The van der Waals surface area contributed by atoms with Gasteiger partial charge in [0, 0.05) is 31.7 Å². The van der Waals surface area contributed by atoms with Crippen LogP contribution in [0.2, 0.25) is 0 Å². The molecular formula is C22H34N2O3. The highest BCUT2D eigenvalue weighted by molar-refractivity contribution is 5.85. The summed E-state index contributed by atoms with van der Waals surface area (Å²) in [6, 6.07) is 0. The van der Waals surface area contributed by atoms with Crippen molar-refractivity contribution in [3.63, 3.8) is 0 Å². The monoisotopic (exact) mass is 374 g/mol. The number of nitrogens with zero attached hydrogens (tertiary/aromatic N) is 2. The van der Waals surface area contributed by atoms with Crippen LogP contribution in [0.25, 0.3) is 0 Å². The van der Waals surface area contributed by atoms with Gasteiger partial charge in [0.1, 0.15) is 0 Å². The van der Waals surface area contributed by atoms with Crippen LogP contribution in [-0.2, 0) is 9.59 Å². The van der Waals surface area contributed by atoms with Crippen LogP contribution in [0.5, 0.6) is 0 Å². The van der Waals surface area contributed by atoms with Gasteiger partial charge >= 0.3 is 5.97 Å². The Hall–Kier alpha value is -1.10. The molecule has 2 atom stereocenters. The molecule has 6 rings (SSSR count). The number of carboxylic acids is 1. The average Bonchev–Trinajstić information content (AvgIpc) is 2.66. The number of hydrogen-bond donors (Lipinski definition) is 1. The molecule has 150 valence electrons. The number of carboxylic acid groups (broad SMARTS) is 1. The molecule has 0 radical (unpaired) electrons. The zero-order chi connectivity index (χ0) is 18.6. The SMILES string of the molecule is O=C(O)C1CCCCC1C(=O)N1CCN(C23CC4CC(CC(C4)C2)C3)CC1. The van der Waals surface area contributed by atoms with Gasteiger partial charge in [-0.05, 0) is 69.1 Å². The van der Waals surface area contributed by atoms with E-state index in [-0.39, 0.29) is 11.8 Å². The highest BCUT2D eigenvalue weighted by Crippen LogP contribution is 2.57. The van der Waals surface area contributed by atoms with Crippen LogP contribution in [-0.4, -0.2) is 58.5 Å². The third-order valence-corrected chi connectivity index (χ3v) is 8.67. The second-order valence-electron chi connectivity index (χ2n) is 10.3. The van der Waals surface area contributed by atoms with Crippen molar-refractivity contribution in [2.75, 3.05) is 26.2 Å². The Morgan fingerprint density at radius 3 is 1.81 bits per heavy atom. The average molecular weight is 375 g/mol. The molecule has 6 fully saturated rings. The molecule has 6 aliphatic rings. The standard InChI is InChI=1S/C22H34N2O3/c25-20(18-3-1-2-4-19(18)21(26)27)23-5-7-24(8-6-23)22-12-15-9-16(13-22)11-17(10-15)14-22/h15-19H,1-14H2,(H,26,27). The topological polar surface area (TPSA) is 60.9 Å². The first-order valence-electron chi connectivity index (χ1n) is 11.3. The summed E-state index contributed by atoms with van der Waals surface area (Å²) >= 11 is 0. The predicted octanol–water partition coefficient (Wildman–Crippen LogP) is 2.99. The number of rotatable bonds is 3. The van der Waals surface area contributed by atoms with Gasteiger partial charge in [0.25, 0.3) is 0 Å². The maximum atomic E-state index is 13.1. The van der Waals surface area contributed by atoms with E-state index >= 15 is 0 Å². The number of aliphatic carboxylic acids is 1. The van der Waals surface area contributed by atoms with Gasteiger partial charge in [0.15, 0.2) is 0 Å². The van der Waals surface area contributed by atoms with E-state index in [1.165, 1.54) is 38.5 Å². The molecule has 5 saturated carbocycles. The summed E-state index contributed by atoms with van der Waals surface area (Å²) in [5.41, 5.74) is 0.429. The lowest BCUT2D eigenvalue weighted by atomic mass is 9.52. The van der Waals surface area contributed by atoms with Crippen molar-refractivity contribution >= 4 is 11.9 Å². The normalized spacial score (nSPS) is 44.4. The minimum absolute atomic E-state index is 0.118. The first-order valence-corrected chi connectivity index (χ1v) is 11.3. The zero-order valence-electron chi connectivity index (χ0n) is 16.4. The highest BCUT2D eigenvalue weighted by Gasteiger charge is 2.54. The molecule has 0 aromatic rings. The van der Waals surface area contributed by atoms with E-state index in [4.69, 9.17) is 0 Å². The van der Waals surface area contributed by atoms with Gasteiger partial charge < -0.3 is 10.0 Å². The van der Waals surface area contributed by atoms with Crippen LogP contribution < -0.4 is 0 Å². The van der Waals surface area contributed by atoms with E-state index in [2.05, 4.69) is 4.90 Å². The molecular weight excluding hydrogens is 340 g/mol. The molecule has 1 heterocycles. The Morgan fingerprint density at radius 2 is 1.30 bits per heavy atom. The molecule has 1 aliphatic heterocycles. The number of amides is 1. The largest absolute Gasteiger partial charge is 0.481 e. The maximum Gasteiger partial charge on any atom is 0.307 e. The lowest BCUT2D eigenvalue weighted by Crippen LogP contribution is -2.64. The van der Waals surface area contributed by atoms with E-state index in [0.717, 1.165) is 63.2 Å². The summed E-state index contributed by atoms with van der Waals surface area (Å²) in [4.78, 5) is 29.4. The fourth-order valence-corrected chi connectivity index (χ4v) is 7.81. The van der Waals surface area contributed by atoms with Gasteiger partial charge in [-0.2, -0.15) is 0 Å². The molecule has 4 bridgehead atoms.